The van der Waals surface area contributed by atoms with E-state index in [1.165, 1.54) is 18.2 Å². The van der Waals surface area contributed by atoms with Gasteiger partial charge in [-0.15, -0.1) is 10.2 Å². The number of aromatic nitrogens is 3. The summed E-state index contributed by atoms with van der Waals surface area (Å²) in [5.74, 6) is 0.147. The number of amides is 1. The molecule has 0 saturated carbocycles. The Morgan fingerprint density at radius 3 is 2.71 bits per heavy atom. The summed E-state index contributed by atoms with van der Waals surface area (Å²) in [7, 11) is 1.77. The fraction of sp³-hybridized carbons (Fsp3) is 0.118. The Morgan fingerprint density at radius 1 is 1.25 bits per heavy atom. The van der Waals surface area contributed by atoms with Crippen molar-refractivity contribution in [3.63, 3.8) is 0 Å². The van der Waals surface area contributed by atoms with Crippen LogP contribution >= 0.6 is 35.0 Å². The zero-order chi connectivity index (χ0) is 20.3. The van der Waals surface area contributed by atoms with Gasteiger partial charge >= 0.3 is 0 Å². The Morgan fingerprint density at radius 2 is 2.00 bits per heavy atom. The van der Waals surface area contributed by atoms with Crippen LogP contribution in [0.2, 0.25) is 10.0 Å². The number of hydrogen-bond acceptors (Lipinski definition) is 6. The lowest BCUT2D eigenvalue weighted by atomic mass is 10.2. The van der Waals surface area contributed by atoms with Crippen LogP contribution in [0, 0.1) is 10.1 Å². The number of rotatable bonds is 6. The third-order valence-electron chi connectivity index (χ3n) is 3.71. The molecule has 1 amide bonds. The van der Waals surface area contributed by atoms with Gasteiger partial charge in [-0.2, -0.15) is 0 Å². The smallest absolute Gasteiger partial charge is 0.294 e. The van der Waals surface area contributed by atoms with Crippen LogP contribution in [0.1, 0.15) is 0 Å². The Labute approximate surface area is 174 Å². The van der Waals surface area contributed by atoms with Crippen molar-refractivity contribution in [2.45, 2.75) is 5.16 Å². The molecular weight excluding hydrogens is 425 g/mol. The lowest BCUT2D eigenvalue weighted by Gasteiger charge is -2.07. The first-order chi connectivity index (χ1) is 13.4. The van der Waals surface area contributed by atoms with Crippen LogP contribution in [0.4, 0.5) is 11.4 Å². The maximum atomic E-state index is 12.2. The zero-order valence-corrected chi connectivity index (χ0v) is 16.8. The van der Waals surface area contributed by atoms with E-state index in [4.69, 9.17) is 23.2 Å². The first kappa shape index (κ1) is 20.1. The second kappa shape index (κ2) is 8.59. The summed E-state index contributed by atoms with van der Waals surface area (Å²) in [6.07, 6.45) is 0. The molecule has 0 aliphatic rings. The quantitative estimate of drug-likeness (QED) is 0.347. The number of thioether (sulfide) groups is 1. The second-order valence-corrected chi connectivity index (χ2v) is 7.39. The van der Waals surface area contributed by atoms with Crippen LogP contribution in [0.3, 0.4) is 0 Å². The molecule has 3 rings (SSSR count). The predicted octanol–water partition coefficient (Wildman–Crippen LogP) is 4.43. The minimum Gasteiger partial charge on any atom is -0.320 e. The van der Waals surface area contributed by atoms with Crippen molar-refractivity contribution in [3.8, 4) is 11.4 Å². The fourth-order valence-corrected chi connectivity index (χ4v) is 3.49. The van der Waals surface area contributed by atoms with Gasteiger partial charge in [0, 0.05) is 23.7 Å². The van der Waals surface area contributed by atoms with Crippen molar-refractivity contribution in [3.05, 3.63) is 62.6 Å². The summed E-state index contributed by atoms with van der Waals surface area (Å²) in [5.41, 5.74) is 0.535. The van der Waals surface area contributed by atoms with E-state index in [0.29, 0.717) is 16.0 Å². The minimum atomic E-state index is -0.604. The lowest BCUT2D eigenvalue weighted by Crippen LogP contribution is -2.15. The molecule has 0 saturated heterocycles. The number of nitro benzene ring substituents is 1. The summed E-state index contributed by atoms with van der Waals surface area (Å²) in [5, 5.41) is 23.1. The lowest BCUT2D eigenvalue weighted by molar-refractivity contribution is -0.383. The summed E-state index contributed by atoms with van der Waals surface area (Å²) < 4.78 is 1.73. The maximum Gasteiger partial charge on any atom is 0.294 e. The van der Waals surface area contributed by atoms with Gasteiger partial charge in [-0.3, -0.25) is 14.9 Å². The van der Waals surface area contributed by atoms with E-state index in [9.17, 15) is 14.9 Å². The van der Waals surface area contributed by atoms with E-state index in [2.05, 4.69) is 15.5 Å². The summed E-state index contributed by atoms with van der Waals surface area (Å²) >= 11 is 13.1. The fourth-order valence-electron chi connectivity index (χ4n) is 2.40. The van der Waals surface area contributed by atoms with Gasteiger partial charge in [0.15, 0.2) is 11.0 Å². The molecule has 0 fully saturated rings. The van der Waals surface area contributed by atoms with Crippen molar-refractivity contribution in [2.24, 2.45) is 7.05 Å². The highest BCUT2D eigenvalue weighted by Crippen LogP contribution is 2.30. The van der Waals surface area contributed by atoms with Crippen LogP contribution in [-0.2, 0) is 11.8 Å². The highest BCUT2D eigenvalue weighted by molar-refractivity contribution is 7.99. The largest absolute Gasteiger partial charge is 0.320 e. The summed E-state index contributed by atoms with van der Waals surface area (Å²) in [4.78, 5) is 22.7. The molecule has 0 atom stereocenters. The first-order valence-electron chi connectivity index (χ1n) is 7.87. The Kier molecular flexibility index (Phi) is 6.18. The molecule has 144 valence electrons. The number of carbonyl (C=O) groups is 1. The Hall–Kier alpha value is -2.62. The van der Waals surface area contributed by atoms with E-state index in [1.807, 2.05) is 18.2 Å². The van der Waals surface area contributed by atoms with Gasteiger partial charge in [-0.1, -0.05) is 47.1 Å². The molecule has 3 aromatic rings. The second-order valence-electron chi connectivity index (χ2n) is 5.60. The third-order valence-corrected chi connectivity index (χ3v) is 5.30. The van der Waals surface area contributed by atoms with Crippen LogP contribution in [0.15, 0.2) is 47.6 Å². The summed E-state index contributed by atoms with van der Waals surface area (Å²) in [6, 6.07) is 11.3. The van der Waals surface area contributed by atoms with E-state index in [0.717, 1.165) is 17.3 Å². The van der Waals surface area contributed by atoms with Crippen LogP contribution in [0.25, 0.3) is 11.4 Å². The molecule has 8 nitrogen and oxygen atoms in total. The van der Waals surface area contributed by atoms with Gasteiger partial charge in [-0.25, -0.2) is 0 Å². The standard InChI is InChI=1S/C17H13Cl2N5O3S/c1-23-16(11-4-2-3-5-12(11)19)21-22-17(23)28-9-15(25)20-13-7-6-10(18)8-14(13)24(26)27/h2-8H,9H2,1H3,(H,20,25). The van der Waals surface area contributed by atoms with Gasteiger partial charge in [0.2, 0.25) is 5.91 Å². The van der Waals surface area contributed by atoms with Gasteiger partial charge in [0.05, 0.1) is 15.7 Å². The van der Waals surface area contributed by atoms with E-state index in [-0.39, 0.29) is 22.2 Å². The number of anilines is 1. The van der Waals surface area contributed by atoms with Crippen molar-refractivity contribution in [1.82, 2.24) is 14.8 Å². The SMILES string of the molecule is Cn1c(SCC(=O)Nc2ccc(Cl)cc2[N+](=O)[O-])nnc1-c1ccccc1Cl. The molecular formula is C17H13Cl2N5O3S. The average molecular weight is 438 g/mol. The normalized spacial score (nSPS) is 10.7. The number of halogens is 2. The molecule has 28 heavy (non-hydrogen) atoms. The maximum absolute atomic E-state index is 12.2. The number of benzene rings is 2. The van der Waals surface area contributed by atoms with Crippen molar-refractivity contribution >= 4 is 52.2 Å². The molecule has 0 bridgehead atoms. The molecule has 0 aliphatic heterocycles. The summed E-state index contributed by atoms with van der Waals surface area (Å²) in [6.45, 7) is 0. The van der Waals surface area contributed by atoms with Gasteiger partial charge < -0.3 is 9.88 Å². The van der Waals surface area contributed by atoms with Crippen molar-refractivity contribution < 1.29 is 9.72 Å². The van der Waals surface area contributed by atoms with E-state index >= 15 is 0 Å². The molecule has 1 N–H and O–H groups in total. The first-order valence-corrected chi connectivity index (χ1v) is 9.62. The van der Waals surface area contributed by atoms with E-state index in [1.54, 1.807) is 17.7 Å². The van der Waals surface area contributed by atoms with Crippen molar-refractivity contribution in [2.75, 3.05) is 11.1 Å². The number of nitrogens with one attached hydrogen (secondary N) is 1. The van der Waals surface area contributed by atoms with Crippen LogP contribution < -0.4 is 5.32 Å². The molecule has 0 spiro atoms. The highest BCUT2D eigenvalue weighted by atomic mass is 35.5. The van der Waals surface area contributed by atoms with Crippen LogP contribution in [0.5, 0.6) is 0 Å². The van der Waals surface area contributed by atoms with Gasteiger partial charge in [-0.05, 0) is 24.3 Å². The number of nitro groups is 1. The predicted molar refractivity (Wildman–Crippen MR) is 109 cm³/mol. The number of nitrogens with zero attached hydrogens (tertiary/aromatic N) is 4. The minimum absolute atomic E-state index is 0.00568. The highest BCUT2D eigenvalue weighted by Gasteiger charge is 2.18. The monoisotopic (exact) mass is 437 g/mol. The zero-order valence-electron chi connectivity index (χ0n) is 14.4. The van der Waals surface area contributed by atoms with Crippen molar-refractivity contribution in [1.29, 1.82) is 0 Å². The topological polar surface area (TPSA) is 103 Å². The number of hydrogen-bond donors (Lipinski definition) is 1. The van der Waals surface area contributed by atoms with Crippen LogP contribution in [-0.4, -0.2) is 31.3 Å². The molecule has 0 radical (unpaired) electrons. The Balaban J connectivity index is 1.70. The third kappa shape index (κ3) is 4.44. The molecule has 0 unspecified atom stereocenters. The molecule has 0 aliphatic carbocycles. The molecule has 1 heterocycles. The molecule has 2 aromatic carbocycles. The Bertz CT molecular complexity index is 1060. The van der Waals surface area contributed by atoms with Gasteiger partial charge in [0.1, 0.15) is 5.69 Å². The van der Waals surface area contributed by atoms with E-state index < -0.39 is 10.8 Å². The average Bonchev–Trinajstić information content (AvgIpc) is 3.02. The number of carbonyl (C=O) groups excluding carboxylic acids is 1. The molecule has 11 heteroatoms. The van der Waals surface area contributed by atoms with Gasteiger partial charge in [0.25, 0.3) is 5.69 Å². The molecule has 1 aromatic heterocycles.